The molecule has 20 heavy (non-hydrogen) atoms. The minimum atomic E-state index is 0. The largest absolute Gasteiger partial charge is 0.330 e. The molecular formula is C18H22ClN. The lowest BCUT2D eigenvalue weighted by Gasteiger charge is -2.19. The second-order valence-electron chi connectivity index (χ2n) is 5.84. The molecule has 0 bridgehead atoms. The van der Waals surface area contributed by atoms with Crippen molar-refractivity contribution in [1.29, 1.82) is 0 Å². The van der Waals surface area contributed by atoms with Gasteiger partial charge in [-0.3, -0.25) is 0 Å². The number of rotatable bonds is 3. The Morgan fingerprint density at radius 1 is 0.900 bits per heavy atom. The average molecular weight is 288 g/mol. The van der Waals surface area contributed by atoms with Crippen molar-refractivity contribution >= 4 is 12.4 Å². The Morgan fingerprint density at radius 3 is 1.60 bits per heavy atom. The van der Waals surface area contributed by atoms with E-state index in [0.717, 1.165) is 6.54 Å². The van der Waals surface area contributed by atoms with Crippen LogP contribution in [0.15, 0.2) is 48.5 Å². The summed E-state index contributed by atoms with van der Waals surface area (Å²) in [5.74, 6) is 0.581. The number of halogens is 1. The lowest BCUT2D eigenvalue weighted by Crippen LogP contribution is -2.17. The van der Waals surface area contributed by atoms with E-state index < -0.39 is 0 Å². The maximum atomic E-state index is 5.94. The van der Waals surface area contributed by atoms with Gasteiger partial charge in [0.15, 0.2) is 0 Å². The molecule has 2 heteroatoms. The highest BCUT2D eigenvalue weighted by Gasteiger charge is 2.55. The number of hydrogen-bond acceptors (Lipinski definition) is 1. The maximum absolute atomic E-state index is 5.94. The highest BCUT2D eigenvalue weighted by atomic mass is 35.5. The summed E-state index contributed by atoms with van der Waals surface area (Å²) in [6.45, 7) is 5.03. The Hall–Kier alpha value is -1.31. The van der Waals surface area contributed by atoms with Gasteiger partial charge in [-0.25, -0.2) is 0 Å². The molecule has 0 spiro atoms. The predicted molar refractivity (Wildman–Crippen MR) is 87.5 cm³/mol. The van der Waals surface area contributed by atoms with Gasteiger partial charge in [0.1, 0.15) is 0 Å². The van der Waals surface area contributed by atoms with E-state index in [1.165, 1.54) is 28.7 Å². The summed E-state index contributed by atoms with van der Waals surface area (Å²) < 4.78 is 0. The van der Waals surface area contributed by atoms with Crippen LogP contribution in [0, 0.1) is 19.8 Å². The SMILES string of the molecule is Cc1ccc(C2(c3ccc(C)cc3)CC2CN)cc1.Cl. The number of hydrogen-bond donors (Lipinski definition) is 1. The van der Waals surface area contributed by atoms with Gasteiger partial charge in [-0.1, -0.05) is 59.7 Å². The fourth-order valence-electron chi connectivity index (χ4n) is 3.19. The van der Waals surface area contributed by atoms with E-state index in [2.05, 4.69) is 62.4 Å². The highest BCUT2D eigenvalue weighted by Crippen LogP contribution is 2.58. The highest BCUT2D eigenvalue weighted by molar-refractivity contribution is 5.85. The van der Waals surface area contributed by atoms with Crippen molar-refractivity contribution in [2.45, 2.75) is 25.7 Å². The van der Waals surface area contributed by atoms with Gasteiger partial charge in [0, 0.05) is 5.41 Å². The second-order valence-corrected chi connectivity index (χ2v) is 5.84. The van der Waals surface area contributed by atoms with Gasteiger partial charge in [-0.2, -0.15) is 0 Å². The maximum Gasteiger partial charge on any atom is 0.0247 e. The predicted octanol–water partition coefficient (Wildman–Crippen LogP) is 3.99. The monoisotopic (exact) mass is 287 g/mol. The van der Waals surface area contributed by atoms with Crippen LogP contribution in [0.4, 0.5) is 0 Å². The molecule has 1 saturated carbocycles. The van der Waals surface area contributed by atoms with Crippen LogP contribution >= 0.6 is 12.4 Å². The zero-order valence-electron chi connectivity index (χ0n) is 12.1. The van der Waals surface area contributed by atoms with Crippen molar-refractivity contribution in [2.24, 2.45) is 11.7 Å². The minimum absolute atomic E-state index is 0. The summed E-state index contributed by atoms with van der Waals surface area (Å²) in [5, 5.41) is 0. The third kappa shape index (κ3) is 2.36. The zero-order valence-corrected chi connectivity index (χ0v) is 12.9. The van der Waals surface area contributed by atoms with Crippen molar-refractivity contribution in [3.8, 4) is 0 Å². The molecule has 2 aromatic carbocycles. The van der Waals surface area contributed by atoms with Crippen LogP contribution in [-0.4, -0.2) is 6.54 Å². The van der Waals surface area contributed by atoms with Gasteiger partial charge in [-0.15, -0.1) is 12.4 Å². The molecule has 3 rings (SSSR count). The Labute approximate surface area is 127 Å². The van der Waals surface area contributed by atoms with Crippen molar-refractivity contribution in [3.63, 3.8) is 0 Å². The lowest BCUT2D eigenvalue weighted by molar-refractivity contribution is 0.703. The second kappa shape index (κ2) is 5.59. The van der Waals surface area contributed by atoms with Crippen LogP contribution in [0.2, 0.25) is 0 Å². The molecule has 106 valence electrons. The van der Waals surface area contributed by atoms with Gasteiger partial charge in [-0.05, 0) is 43.9 Å². The normalized spacial score (nSPS) is 19.2. The van der Waals surface area contributed by atoms with E-state index in [1.807, 2.05) is 0 Å². The molecule has 1 aliphatic rings. The van der Waals surface area contributed by atoms with Crippen LogP contribution in [0.3, 0.4) is 0 Å². The summed E-state index contributed by atoms with van der Waals surface area (Å²) in [7, 11) is 0. The molecule has 0 aliphatic heterocycles. The molecule has 0 radical (unpaired) electrons. The first-order chi connectivity index (χ1) is 9.16. The van der Waals surface area contributed by atoms with Gasteiger partial charge >= 0.3 is 0 Å². The Morgan fingerprint density at radius 2 is 1.30 bits per heavy atom. The molecule has 1 atom stereocenters. The van der Waals surface area contributed by atoms with E-state index in [1.54, 1.807) is 0 Å². The average Bonchev–Trinajstić information content (AvgIpc) is 3.16. The summed E-state index contributed by atoms with van der Waals surface area (Å²) in [6, 6.07) is 17.9. The molecule has 0 saturated heterocycles. The van der Waals surface area contributed by atoms with Crippen LogP contribution in [0.1, 0.15) is 28.7 Å². The zero-order chi connectivity index (χ0) is 13.5. The van der Waals surface area contributed by atoms with Gasteiger partial charge in [0.05, 0.1) is 0 Å². The third-order valence-electron chi connectivity index (χ3n) is 4.52. The van der Waals surface area contributed by atoms with Crippen molar-refractivity contribution in [2.75, 3.05) is 6.54 Å². The number of benzene rings is 2. The number of nitrogens with two attached hydrogens (primary N) is 1. The standard InChI is InChI=1S/C18H21N.ClH/c1-13-3-7-15(8-4-13)18(11-17(18)12-19)16-9-5-14(2)6-10-16;/h3-10,17H,11-12,19H2,1-2H3;1H. The summed E-state index contributed by atoms with van der Waals surface area (Å²) in [5.41, 5.74) is 11.6. The van der Waals surface area contributed by atoms with E-state index in [4.69, 9.17) is 5.73 Å². The van der Waals surface area contributed by atoms with Crippen LogP contribution in [-0.2, 0) is 5.41 Å². The van der Waals surface area contributed by atoms with Gasteiger partial charge in [0.25, 0.3) is 0 Å². The molecule has 0 heterocycles. The lowest BCUT2D eigenvalue weighted by atomic mass is 9.85. The molecule has 2 aromatic rings. The molecular weight excluding hydrogens is 266 g/mol. The molecule has 1 nitrogen and oxygen atoms in total. The first kappa shape index (κ1) is 15.1. The molecule has 0 aromatic heterocycles. The van der Waals surface area contributed by atoms with Crippen molar-refractivity contribution in [3.05, 3.63) is 70.8 Å². The Bertz CT molecular complexity index is 526. The van der Waals surface area contributed by atoms with Gasteiger partial charge in [0.2, 0.25) is 0 Å². The fourth-order valence-corrected chi connectivity index (χ4v) is 3.19. The van der Waals surface area contributed by atoms with Gasteiger partial charge < -0.3 is 5.73 Å². The topological polar surface area (TPSA) is 26.0 Å². The van der Waals surface area contributed by atoms with E-state index >= 15 is 0 Å². The van der Waals surface area contributed by atoms with Crippen LogP contribution < -0.4 is 5.73 Å². The van der Waals surface area contributed by atoms with Crippen LogP contribution in [0.25, 0.3) is 0 Å². The Balaban J connectivity index is 0.00000147. The summed E-state index contributed by atoms with van der Waals surface area (Å²) >= 11 is 0. The van der Waals surface area contributed by atoms with Crippen molar-refractivity contribution in [1.82, 2.24) is 0 Å². The van der Waals surface area contributed by atoms with Crippen molar-refractivity contribution < 1.29 is 0 Å². The first-order valence-electron chi connectivity index (χ1n) is 7.01. The number of aryl methyl sites for hydroxylation is 2. The molecule has 1 unspecified atom stereocenters. The summed E-state index contributed by atoms with van der Waals surface area (Å²) in [4.78, 5) is 0. The third-order valence-corrected chi connectivity index (χ3v) is 4.52. The van der Waals surface area contributed by atoms with Crippen LogP contribution in [0.5, 0.6) is 0 Å². The smallest absolute Gasteiger partial charge is 0.0247 e. The summed E-state index contributed by atoms with van der Waals surface area (Å²) in [6.07, 6.45) is 1.18. The van der Waals surface area contributed by atoms with E-state index in [0.29, 0.717) is 5.92 Å². The minimum Gasteiger partial charge on any atom is -0.330 e. The molecule has 0 amide bonds. The fraction of sp³-hybridized carbons (Fsp3) is 0.333. The van der Waals surface area contributed by atoms with E-state index in [-0.39, 0.29) is 17.8 Å². The van der Waals surface area contributed by atoms with E-state index in [9.17, 15) is 0 Å². The Kier molecular flexibility index (Phi) is 4.22. The molecule has 2 N–H and O–H groups in total. The molecule has 1 aliphatic carbocycles. The quantitative estimate of drug-likeness (QED) is 0.907. The first-order valence-corrected chi connectivity index (χ1v) is 7.01. The molecule has 1 fully saturated rings.